The fraction of sp³-hybridized carbons (Fsp3) is 0.0870. The summed E-state index contributed by atoms with van der Waals surface area (Å²) in [5.41, 5.74) is 3.87. The molecule has 3 aromatic carbocycles. The summed E-state index contributed by atoms with van der Waals surface area (Å²) in [5.74, 6) is 0.748. The van der Waals surface area contributed by atoms with Crippen LogP contribution in [0.15, 0.2) is 66.7 Å². The van der Waals surface area contributed by atoms with E-state index in [4.69, 9.17) is 4.74 Å². The van der Waals surface area contributed by atoms with Crippen molar-refractivity contribution in [2.24, 2.45) is 0 Å². The molecule has 0 saturated heterocycles. The van der Waals surface area contributed by atoms with Gasteiger partial charge >= 0.3 is 0 Å². The van der Waals surface area contributed by atoms with Gasteiger partial charge in [0, 0.05) is 29.2 Å². The van der Waals surface area contributed by atoms with E-state index in [2.05, 4.69) is 26.1 Å². The van der Waals surface area contributed by atoms with Gasteiger partial charge in [-0.15, -0.1) is 0 Å². The van der Waals surface area contributed by atoms with Crippen LogP contribution in [0.2, 0.25) is 0 Å². The maximum absolute atomic E-state index is 12.7. The van der Waals surface area contributed by atoms with Crippen molar-refractivity contribution in [2.75, 3.05) is 22.6 Å². The molecule has 0 fully saturated rings. The van der Waals surface area contributed by atoms with E-state index in [1.54, 1.807) is 12.1 Å². The molecule has 4 aromatic rings. The van der Waals surface area contributed by atoms with Crippen LogP contribution < -0.4 is 20.7 Å². The van der Waals surface area contributed by atoms with Gasteiger partial charge in [-0.25, -0.2) is 0 Å². The van der Waals surface area contributed by atoms with E-state index >= 15 is 0 Å². The van der Waals surface area contributed by atoms with Crippen LogP contribution in [0.5, 0.6) is 5.75 Å². The maximum atomic E-state index is 12.7. The molecule has 0 saturated carbocycles. The minimum atomic E-state index is -0.225. The third-order valence-corrected chi connectivity index (χ3v) is 5.00. The summed E-state index contributed by atoms with van der Waals surface area (Å²) in [6, 6.07) is 20.5. The van der Waals surface area contributed by atoms with Gasteiger partial charge in [-0.3, -0.25) is 14.7 Å². The van der Waals surface area contributed by atoms with Gasteiger partial charge in [0.25, 0.3) is 11.8 Å². The molecule has 0 spiro atoms. The highest BCUT2D eigenvalue weighted by Crippen LogP contribution is 2.30. The van der Waals surface area contributed by atoms with Crippen molar-refractivity contribution >= 4 is 39.9 Å². The Morgan fingerprint density at radius 2 is 1.97 bits per heavy atom. The second-order valence-electron chi connectivity index (χ2n) is 7.17. The van der Waals surface area contributed by atoms with Crippen molar-refractivity contribution < 1.29 is 14.3 Å². The maximum Gasteiger partial charge on any atom is 0.262 e. The predicted molar refractivity (Wildman–Crippen MR) is 118 cm³/mol. The topological polar surface area (TPSA) is 108 Å². The number of benzene rings is 3. The number of H-pyrrole nitrogens is 1. The number of nitrogens with zero attached hydrogens (tertiary/aromatic N) is 1. The van der Waals surface area contributed by atoms with Gasteiger partial charge in [0.2, 0.25) is 0 Å². The molecule has 1 aliphatic rings. The number of carbonyl (C=O) groups excluding carboxylic acids is 2. The first-order valence-corrected chi connectivity index (χ1v) is 9.80. The molecule has 2 amide bonds. The fourth-order valence-corrected chi connectivity index (χ4v) is 3.45. The number of hydrogen-bond donors (Lipinski definition) is 4. The number of aromatic amines is 1. The second-order valence-corrected chi connectivity index (χ2v) is 7.17. The fourth-order valence-electron chi connectivity index (χ4n) is 3.45. The highest BCUT2D eigenvalue weighted by Gasteiger charge is 2.16. The molecular weight excluding hydrogens is 394 g/mol. The van der Waals surface area contributed by atoms with Crippen LogP contribution in [-0.2, 0) is 11.3 Å². The molecule has 0 bridgehead atoms. The normalized spacial score (nSPS) is 12.6. The summed E-state index contributed by atoms with van der Waals surface area (Å²) in [5, 5.41) is 16.9. The number of aromatic nitrogens is 2. The summed E-state index contributed by atoms with van der Waals surface area (Å²) in [6.07, 6.45) is 0. The summed E-state index contributed by atoms with van der Waals surface area (Å²) < 4.78 is 5.45. The predicted octanol–water partition coefficient (Wildman–Crippen LogP) is 3.76. The Labute approximate surface area is 177 Å². The van der Waals surface area contributed by atoms with E-state index in [0.717, 1.165) is 22.2 Å². The molecule has 154 valence electrons. The molecule has 0 unspecified atom stereocenters. The Morgan fingerprint density at radius 3 is 2.90 bits per heavy atom. The zero-order valence-electron chi connectivity index (χ0n) is 16.4. The summed E-state index contributed by atoms with van der Waals surface area (Å²) in [7, 11) is 0. The molecule has 1 aromatic heterocycles. The van der Waals surface area contributed by atoms with Crippen molar-refractivity contribution in [3.05, 3.63) is 77.9 Å². The van der Waals surface area contributed by atoms with E-state index in [0.29, 0.717) is 29.4 Å². The summed E-state index contributed by atoms with van der Waals surface area (Å²) in [4.78, 5) is 24.1. The average Bonchev–Trinajstić information content (AvgIpc) is 3.20. The number of anilines is 3. The Hall–Kier alpha value is -4.33. The van der Waals surface area contributed by atoms with Crippen LogP contribution in [0.1, 0.15) is 15.9 Å². The van der Waals surface area contributed by atoms with Gasteiger partial charge in [0.1, 0.15) is 5.75 Å². The number of para-hydroxylation sites is 1. The highest BCUT2D eigenvalue weighted by molar-refractivity contribution is 6.07. The minimum Gasteiger partial charge on any atom is -0.482 e. The molecule has 0 atom stereocenters. The van der Waals surface area contributed by atoms with Crippen LogP contribution in [0.25, 0.3) is 10.9 Å². The van der Waals surface area contributed by atoms with Crippen molar-refractivity contribution in [3.8, 4) is 5.75 Å². The minimum absolute atomic E-state index is 0.0128. The van der Waals surface area contributed by atoms with E-state index in [-0.39, 0.29) is 18.4 Å². The SMILES string of the molecule is O=C1COc2cc(NCc3cccc(C(=O)Nc4n[nH]c5ccccc45)c3)ccc2N1. The van der Waals surface area contributed by atoms with Gasteiger partial charge in [0.05, 0.1) is 11.2 Å². The lowest BCUT2D eigenvalue weighted by Gasteiger charge is -2.19. The van der Waals surface area contributed by atoms with Crippen molar-refractivity contribution in [1.29, 1.82) is 0 Å². The quantitative estimate of drug-likeness (QED) is 0.398. The van der Waals surface area contributed by atoms with Crippen LogP contribution in [0, 0.1) is 0 Å². The third-order valence-electron chi connectivity index (χ3n) is 5.00. The molecule has 31 heavy (non-hydrogen) atoms. The van der Waals surface area contributed by atoms with Gasteiger partial charge in [-0.05, 0) is 42.0 Å². The first-order valence-electron chi connectivity index (χ1n) is 9.80. The molecular formula is C23H19N5O3. The molecule has 0 aliphatic carbocycles. The van der Waals surface area contributed by atoms with Crippen LogP contribution >= 0.6 is 0 Å². The van der Waals surface area contributed by atoms with Crippen LogP contribution in [0.3, 0.4) is 0 Å². The van der Waals surface area contributed by atoms with Crippen molar-refractivity contribution in [3.63, 3.8) is 0 Å². The number of amides is 2. The Kier molecular flexibility index (Phi) is 4.72. The largest absolute Gasteiger partial charge is 0.482 e. The van der Waals surface area contributed by atoms with E-state index in [9.17, 15) is 9.59 Å². The first-order chi connectivity index (χ1) is 15.2. The monoisotopic (exact) mass is 413 g/mol. The first kappa shape index (κ1) is 18.7. The van der Waals surface area contributed by atoms with Gasteiger partial charge in [0.15, 0.2) is 12.4 Å². The second kappa shape index (κ2) is 7.83. The smallest absolute Gasteiger partial charge is 0.262 e. The number of carbonyl (C=O) groups is 2. The lowest BCUT2D eigenvalue weighted by molar-refractivity contribution is -0.118. The Morgan fingerprint density at radius 1 is 1.06 bits per heavy atom. The molecule has 2 heterocycles. The molecule has 0 radical (unpaired) electrons. The number of rotatable bonds is 5. The van der Waals surface area contributed by atoms with Gasteiger partial charge in [-0.1, -0.05) is 24.3 Å². The van der Waals surface area contributed by atoms with Gasteiger partial charge in [-0.2, -0.15) is 5.10 Å². The Balaban J connectivity index is 1.27. The number of hydrogen-bond acceptors (Lipinski definition) is 5. The number of ether oxygens (including phenoxy) is 1. The summed E-state index contributed by atoms with van der Waals surface area (Å²) in [6.45, 7) is 0.538. The molecule has 8 heteroatoms. The van der Waals surface area contributed by atoms with Crippen molar-refractivity contribution in [2.45, 2.75) is 6.54 Å². The van der Waals surface area contributed by atoms with Crippen LogP contribution in [-0.4, -0.2) is 28.6 Å². The average molecular weight is 413 g/mol. The zero-order valence-corrected chi connectivity index (χ0v) is 16.4. The van der Waals surface area contributed by atoms with E-state index in [1.807, 2.05) is 54.6 Å². The molecule has 1 aliphatic heterocycles. The number of fused-ring (bicyclic) bond motifs is 2. The van der Waals surface area contributed by atoms with Gasteiger partial charge < -0.3 is 20.7 Å². The van der Waals surface area contributed by atoms with E-state index in [1.165, 1.54) is 0 Å². The van der Waals surface area contributed by atoms with E-state index < -0.39 is 0 Å². The highest BCUT2D eigenvalue weighted by atomic mass is 16.5. The molecule has 4 N–H and O–H groups in total. The Bertz CT molecular complexity index is 1300. The zero-order chi connectivity index (χ0) is 21.2. The van der Waals surface area contributed by atoms with Crippen molar-refractivity contribution in [1.82, 2.24) is 10.2 Å². The summed E-state index contributed by atoms with van der Waals surface area (Å²) >= 11 is 0. The number of nitrogens with one attached hydrogen (secondary N) is 4. The lowest BCUT2D eigenvalue weighted by Crippen LogP contribution is -2.25. The third kappa shape index (κ3) is 3.91. The lowest BCUT2D eigenvalue weighted by atomic mass is 10.1. The van der Waals surface area contributed by atoms with Crippen LogP contribution in [0.4, 0.5) is 17.2 Å². The molecule has 5 rings (SSSR count). The molecule has 8 nitrogen and oxygen atoms in total. The standard InChI is InChI=1S/C23H19N5O3/c29-21-13-31-20-11-16(8-9-19(20)25-21)24-12-14-4-3-5-15(10-14)23(30)26-22-17-6-1-2-7-18(17)27-28-22/h1-11,24H,12-13H2,(H,25,29)(H2,26,27,28,30).